The summed E-state index contributed by atoms with van der Waals surface area (Å²) >= 11 is 0. The van der Waals surface area contributed by atoms with E-state index in [0.29, 0.717) is 0 Å². The molecular weight excluding hydrogens is 300 g/mol. The van der Waals surface area contributed by atoms with E-state index in [2.05, 4.69) is 0 Å². The fourth-order valence-corrected chi connectivity index (χ4v) is 3.04. The Morgan fingerprint density at radius 2 is 0.909 bits per heavy atom. The van der Waals surface area contributed by atoms with E-state index in [9.17, 15) is 14.4 Å². The predicted molar refractivity (Wildman–Crippen MR) is 65.1 cm³/mol. The Kier molecular flexibility index (Phi) is 3.79. The van der Waals surface area contributed by atoms with Crippen LogP contribution in [0.3, 0.4) is 0 Å². The molecule has 0 radical (unpaired) electrons. The zero-order chi connectivity index (χ0) is 16.0. The molecule has 0 unspecified atom stereocenters. The molecule has 0 aromatic rings. The van der Waals surface area contributed by atoms with Crippen LogP contribution in [0.4, 0.5) is 0 Å². The van der Waals surface area contributed by atoms with Crippen LogP contribution in [-0.2, 0) is 42.8 Å². The lowest BCUT2D eigenvalue weighted by atomic mass is 9.82. The first-order valence-corrected chi connectivity index (χ1v) is 6.85. The second kappa shape index (κ2) is 5.49. The van der Waals surface area contributed by atoms with Crippen LogP contribution in [0.2, 0.25) is 0 Å². The number of carbonyl (C=O) groups excluding carboxylic acids is 3. The third-order valence-corrected chi connectivity index (χ3v) is 3.65. The molecule has 3 aliphatic heterocycles. The largest absolute Gasteiger partial charge is 0.457 e. The molecule has 9 nitrogen and oxygen atoms in total. The third kappa shape index (κ3) is 2.55. The maximum absolute atomic E-state index is 11.3. The zero-order valence-electron chi connectivity index (χ0n) is 12.2. The van der Waals surface area contributed by atoms with Gasteiger partial charge in [0.1, 0.15) is 18.3 Å². The fraction of sp³-hybridized carbons (Fsp3) is 0.769. The maximum Gasteiger partial charge on any atom is 0.303 e. The molecule has 3 heterocycles. The molecule has 3 saturated heterocycles. The van der Waals surface area contributed by atoms with Gasteiger partial charge in [0.25, 0.3) is 6.48 Å². The summed E-state index contributed by atoms with van der Waals surface area (Å²) < 4.78 is 32.1. The highest BCUT2D eigenvalue weighted by atomic mass is 16.9. The SMILES string of the molecule is CC(=O)OC1C2OC3OC1C(OC(C)=O)C(O3)C2OC(C)=O. The molecule has 122 valence electrons. The number of ether oxygens (including phenoxy) is 6. The van der Waals surface area contributed by atoms with Gasteiger partial charge in [-0.25, -0.2) is 0 Å². The van der Waals surface area contributed by atoms with E-state index in [4.69, 9.17) is 28.4 Å². The normalized spacial score (nSPS) is 41.9. The molecule has 4 rings (SSSR count). The highest BCUT2D eigenvalue weighted by Gasteiger charge is 2.66. The Balaban J connectivity index is 1.91. The Morgan fingerprint density at radius 1 is 0.636 bits per heavy atom. The molecular formula is C13H16O9. The van der Waals surface area contributed by atoms with Crippen molar-refractivity contribution >= 4 is 17.9 Å². The van der Waals surface area contributed by atoms with Crippen molar-refractivity contribution in [2.75, 3.05) is 0 Å². The first-order valence-electron chi connectivity index (χ1n) is 6.85. The quantitative estimate of drug-likeness (QED) is 0.491. The minimum absolute atomic E-state index is 0.547. The molecule has 4 bridgehead atoms. The maximum atomic E-state index is 11.3. The highest BCUT2D eigenvalue weighted by Crippen LogP contribution is 2.43. The number of rotatable bonds is 3. The van der Waals surface area contributed by atoms with Crippen LogP contribution >= 0.6 is 0 Å². The van der Waals surface area contributed by atoms with Gasteiger partial charge in [-0.05, 0) is 0 Å². The highest BCUT2D eigenvalue weighted by molar-refractivity contribution is 5.68. The van der Waals surface area contributed by atoms with Gasteiger partial charge >= 0.3 is 17.9 Å². The van der Waals surface area contributed by atoms with Crippen LogP contribution in [-0.4, -0.2) is 61.0 Å². The van der Waals surface area contributed by atoms with Crippen molar-refractivity contribution in [2.24, 2.45) is 0 Å². The van der Waals surface area contributed by atoms with Gasteiger partial charge in [0, 0.05) is 20.8 Å². The zero-order valence-corrected chi connectivity index (χ0v) is 12.2. The van der Waals surface area contributed by atoms with E-state index in [1.54, 1.807) is 0 Å². The first-order chi connectivity index (χ1) is 10.4. The Hall–Kier alpha value is -1.71. The third-order valence-electron chi connectivity index (χ3n) is 3.65. The molecule has 0 aromatic carbocycles. The molecule has 0 N–H and O–H groups in total. The van der Waals surface area contributed by atoms with E-state index in [1.165, 1.54) is 20.8 Å². The molecule has 0 spiro atoms. The lowest BCUT2D eigenvalue weighted by Crippen LogP contribution is -2.76. The fourth-order valence-electron chi connectivity index (χ4n) is 3.04. The van der Waals surface area contributed by atoms with Crippen molar-refractivity contribution in [2.45, 2.75) is 63.9 Å². The van der Waals surface area contributed by atoms with E-state index in [-0.39, 0.29) is 0 Å². The molecule has 0 amide bonds. The standard InChI is InChI=1S/C13H16O9/c1-4(14)17-7-10-8(18-5(2)15)12-9(19-6(3)16)11(7)21-13(20-10)22-12/h7-13H,1-3H3. The van der Waals surface area contributed by atoms with E-state index < -0.39 is 61.0 Å². The second-order valence-electron chi connectivity index (χ2n) is 5.31. The van der Waals surface area contributed by atoms with Crippen LogP contribution < -0.4 is 0 Å². The van der Waals surface area contributed by atoms with Gasteiger partial charge in [-0.3, -0.25) is 14.4 Å². The van der Waals surface area contributed by atoms with Gasteiger partial charge in [0.05, 0.1) is 0 Å². The Bertz CT molecular complexity index is 420. The smallest absolute Gasteiger partial charge is 0.303 e. The number of esters is 3. The molecule has 9 heteroatoms. The van der Waals surface area contributed by atoms with Gasteiger partial charge in [-0.1, -0.05) is 0 Å². The van der Waals surface area contributed by atoms with Crippen LogP contribution in [0.25, 0.3) is 0 Å². The summed E-state index contributed by atoms with van der Waals surface area (Å²) in [7, 11) is 0. The Morgan fingerprint density at radius 3 is 1.14 bits per heavy atom. The summed E-state index contributed by atoms with van der Waals surface area (Å²) in [6, 6.07) is 0. The first kappa shape index (κ1) is 15.2. The van der Waals surface area contributed by atoms with Gasteiger partial charge < -0.3 is 28.4 Å². The molecule has 4 fully saturated rings. The summed E-state index contributed by atoms with van der Waals surface area (Å²) in [6.07, 6.45) is -4.78. The molecule has 0 atom stereocenters. The lowest BCUT2D eigenvalue weighted by molar-refractivity contribution is -0.479. The lowest BCUT2D eigenvalue weighted by Gasteiger charge is -2.57. The molecule has 1 aliphatic carbocycles. The monoisotopic (exact) mass is 316 g/mol. The van der Waals surface area contributed by atoms with E-state index in [1.807, 2.05) is 0 Å². The van der Waals surface area contributed by atoms with Crippen molar-refractivity contribution in [1.29, 1.82) is 0 Å². The van der Waals surface area contributed by atoms with Crippen LogP contribution in [0.1, 0.15) is 20.8 Å². The van der Waals surface area contributed by atoms with Gasteiger partial charge in [-0.2, -0.15) is 0 Å². The second-order valence-corrected chi connectivity index (χ2v) is 5.31. The summed E-state index contributed by atoms with van der Waals surface area (Å²) in [5, 5.41) is 0. The van der Waals surface area contributed by atoms with E-state index >= 15 is 0 Å². The minimum Gasteiger partial charge on any atom is -0.457 e. The molecule has 22 heavy (non-hydrogen) atoms. The van der Waals surface area contributed by atoms with Crippen molar-refractivity contribution in [3.05, 3.63) is 0 Å². The Labute approximate surface area is 125 Å². The summed E-state index contributed by atoms with van der Waals surface area (Å²) in [6.45, 7) is 2.75. The van der Waals surface area contributed by atoms with Crippen molar-refractivity contribution in [1.82, 2.24) is 0 Å². The summed E-state index contributed by atoms with van der Waals surface area (Å²) in [4.78, 5) is 33.9. The number of hydrogen-bond donors (Lipinski definition) is 0. The van der Waals surface area contributed by atoms with Gasteiger partial charge in [0.15, 0.2) is 18.3 Å². The summed E-state index contributed by atoms with van der Waals surface area (Å²) in [5.41, 5.74) is 0. The summed E-state index contributed by atoms with van der Waals surface area (Å²) in [5.74, 6) is -1.64. The van der Waals surface area contributed by atoms with Crippen molar-refractivity contribution < 1.29 is 42.8 Å². The average molecular weight is 316 g/mol. The van der Waals surface area contributed by atoms with Crippen molar-refractivity contribution in [3.8, 4) is 0 Å². The predicted octanol–water partition coefficient (Wildman–Crippen LogP) is -0.738. The number of hydrogen-bond acceptors (Lipinski definition) is 9. The minimum atomic E-state index is -0.967. The number of carbonyl (C=O) groups is 3. The topological polar surface area (TPSA) is 107 Å². The van der Waals surface area contributed by atoms with Crippen LogP contribution in [0, 0.1) is 0 Å². The van der Waals surface area contributed by atoms with Crippen molar-refractivity contribution in [3.63, 3.8) is 0 Å². The van der Waals surface area contributed by atoms with Gasteiger partial charge in [0.2, 0.25) is 0 Å². The van der Waals surface area contributed by atoms with E-state index in [0.717, 1.165) is 0 Å². The average Bonchev–Trinajstić information content (AvgIpc) is 2.39. The molecule has 4 aliphatic rings. The van der Waals surface area contributed by atoms with Crippen LogP contribution in [0.5, 0.6) is 0 Å². The van der Waals surface area contributed by atoms with Crippen LogP contribution in [0.15, 0.2) is 0 Å². The van der Waals surface area contributed by atoms with Gasteiger partial charge in [-0.15, -0.1) is 0 Å². The molecule has 0 aromatic heterocycles. The molecule has 1 saturated carbocycles.